The Labute approximate surface area is 267 Å². The number of carbonyl (C=O) groups is 4. The van der Waals surface area contributed by atoms with Crippen molar-refractivity contribution in [1.29, 1.82) is 0 Å². The van der Waals surface area contributed by atoms with Crippen LogP contribution in [0, 0.1) is 11.8 Å². The lowest BCUT2D eigenvalue weighted by Crippen LogP contribution is -2.58. The van der Waals surface area contributed by atoms with Crippen molar-refractivity contribution >= 4 is 29.4 Å². The first-order chi connectivity index (χ1) is 22.3. The molecule has 11 heteroatoms. The van der Waals surface area contributed by atoms with Crippen LogP contribution in [-0.4, -0.2) is 84.3 Å². The fraction of sp³-hybridized carbons (Fsp3) is 0.429. The van der Waals surface area contributed by atoms with Crippen LogP contribution in [0.1, 0.15) is 37.9 Å². The van der Waals surface area contributed by atoms with E-state index in [0.717, 1.165) is 0 Å². The molecule has 11 nitrogen and oxygen atoms in total. The van der Waals surface area contributed by atoms with Gasteiger partial charge in [-0.1, -0.05) is 61.6 Å². The van der Waals surface area contributed by atoms with E-state index in [1.807, 2.05) is 37.3 Å². The fourth-order valence-electron chi connectivity index (χ4n) is 7.15. The molecule has 2 N–H and O–H groups in total. The van der Waals surface area contributed by atoms with Gasteiger partial charge in [0.25, 0.3) is 5.91 Å². The van der Waals surface area contributed by atoms with Crippen LogP contribution in [0.15, 0.2) is 78.9 Å². The van der Waals surface area contributed by atoms with E-state index >= 15 is 0 Å². The number of hydrogen-bond acceptors (Lipinski definition) is 8. The maximum absolute atomic E-state index is 14.6. The van der Waals surface area contributed by atoms with E-state index in [1.54, 1.807) is 60.6 Å². The van der Waals surface area contributed by atoms with Crippen LogP contribution >= 0.6 is 0 Å². The van der Waals surface area contributed by atoms with E-state index in [1.165, 1.54) is 4.90 Å². The Morgan fingerprint density at radius 3 is 2.50 bits per heavy atom. The number of cyclic esters (lactones) is 1. The van der Waals surface area contributed by atoms with Crippen molar-refractivity contribution in [1.82, 2.24) is 10.2 Å². The highest BCUT2D eigenvalue weighted by molar-refractivity contribution is 6.05. The number of allylic oxidation sites excluding steroid dienone is 1. The molecule has 46 heavy (non-hydrogen) atoms. The van der Waals surface area contributed by atoms with E-state index in [2.05, 4.69) is 5.32 Å². The number of fused-ring (bicyclic) bond motifs is 2. The summed E-state index contributed by atoms with van der Waals surface area (Å²) in [5.74, 6) is -3.23. The molecule has 2 aromatic rings. The number of methoxy groups -OCH3 is 1. The van der Waals surface area contributed by atoms with Crippen molar-refractivity contribution in [3.05, 3.63) is 84.5 Å². The lowest BCUT2D eigenvalue weighted by atomic mass is 9.77. The number of ether oxygens (including phenoxy) is 3. The summed E-state index contributed by atoms with van der Waals surface area (Å²) in [4.78, 5) is 59.0. The highest BCUT2D eigenvalue weighted by Gasteiger charge is 2.72. The number of amides is 3. The van der Waals surface area contributed by atoms with Crippen molar-refractivity contribution in [2.24, 2.45) is 11.8 Å². The van der Waals surface area contributed by atoms with Gasteiger partial charge in [-0.05, 0) is 42.7 Å². The van der Waals surface area contributed by atoms with Gasteiger partial charge in [0.2, 0.25) is 11.8 Å². The minimum Gasteiger partial charge on any atom is -0.497 e. The minimum atomic E-state index is -1.51. The lowest BCUT2D eigenvalue weighted by molar-refractivity contribution is -0.160. The summed E-state index contributed by atoms with van der Waals surface area (Å²) in [6.07, 6.45) is 6.31. The maximum atomic E-state index is 14.6. The van der Waals surface area contributed by atoms with E-state index in [9.17, 15) is 24.3 Å². The Morgan fingerprint density at radius 1 is 1.04 bits per heavy atom. The van der Waals surface area contributed by atoms with Crippen LogP contribution in [0.25, 0.3) is 0 Å². The average molecular weight is 630 g/mol. The van der Waals surface area contributed by atoms with Crippen molar-refractivity contribution in [2.75, 3.05) is 31.7 Å². The SMILES string of the molecule is CC[C@@H](CO)N1C(=O)[C@@H]2[C@H]3C(=O)O[C@H](c4ccccc4)CNC(=O)CC/C=C\[C@H]3O[C@@]23C=CCN(c2ccc(OC)cc2)C(=O)[C@@H]13. The Morgan fingerprint density at radius 2 is 1.80 bits per heavy atom. The van der Waals surface area contributed by atoms with E-state index < -0.39 is 53.6 Å². The zero-order valence-corrected chi connectivity index (χ0v) is 25.9. The monoisotopic (exact) mass is 629 g/mol. The molecule has 0 aromatic heterocycles. The van der Waals surface area contributed by atoms with Crippen LogP contribution in [0.5, 0.6) is 5.75 Å². The maximum Gasteiger partial charge on any atom is 0.313 e. The molecular formula is C35H39N3O8. The number of anilines is 1. The molecule has 0 unspecified atom stereocenters. The first-order valence-corrected chi connectivity index (χ1v) is 15.8. The molecule has 4 aliphatic rings. The summed E-state index contributed by atoms with van der Waals surface area (Å²) in [6.45, 7) is 1.74. The Bertz CT molecular complexity index is 1520. The second kappa shape index (κ2) is 13.1. The molecule has 242 valence electrons. The van der Waals surface area contributed by atoms with Crippen molar-refractivity contribution in [2.45, 2.75) is 56.1 Å². The van der Waals surface area contributed by atoms with Gasteiger partial charge >= 0.3 is 5.97 Å². The minimum absolute atomic E-state index is 0.0622. The number of carbonyl (C=O) groups excluding carboxylic acids is 4. The normalized spacial score (nSPS) is 31.0. The fourth-order valence-corrected chi connectivity index (χ4v) is 7.15. The summed E-state index contributed by atoms with van der Waals surface area (Å²) in [5, 5.41) is 13.3. The molecule has 3 amide bonds. The number of aliphatic hydroxyl groups is 1. The van der Waals surface area contributed by atoms with Gasteiger partial charge in [-0.2, -0.15) is 0 Å². The molecule has 2 aromatic carbocycles. The number of rotatable bonds is 6. The van der Waals surface area contributed by atoms with Gasteiger partial charge in [-0.3, -0.25) is 19.2 Å². The van der Waals surface area contributed by atoms with Crippen molar-refractivity contribution < 1.29 is 38.5 Å². The van der Waals surface area contributed by atoms with Gasteiger partial charge in [0.05, 0.1) is 38.3 Å². The largest absolute Gasteiger partial charge is 0.497 e. The second-order valence-corrected chi connectivity index (χ2v) is 12.0. The summed E-state index contributed by atoms with van der Waals surface area (Å²) < 4.78 is 18.1. The third-order valence-corrected chi connectivity index (χ3v) is 9.44. The molecule has 4 heterocycles. The molecule has 6 rings (SSSR count). The van der Waals surface area contributed by atoms with Crippen molar-refractivity contribution in [3.8, 4) is 5.75 Å². The highest BCUT2D eigenvalue weighted by Crippen LogP contribution is 2.54. The predicted molar refractivity (Wildman–Crippen MR) is 168 cm³/mol. The number of aliphatic hydroxyl groups excluding tert-OH is 1. The van der Waals surface area contributed by atoms with Crippen LogP contribution in [0.2, 0.25) is 0 Å². The Kier molecular flexibility index (Phi) is 8.97. The third kappa shape index (κ3) is 5.47. The average Bonchev–Trinajstić information content (AvgIpc) is 3.46. The van der Waals surface area contributed by atoms with Crippen LogP contribution in [0.3, 0.4) is 0 Å². The first-order valence-electron chi connectivity index (χ1n) is 15.8. The Balaban J connectivity index is 1.44. The number of benzene rings is 2. The van der Waals surface area contributed by atoms with Crippen molar-refractivity contribution in [3.63, 3.8) is 0 Å². The smallest absolute Gasteiger partial charge is 0.313 e. The van der Waals surface area contributed by atoms with Gasteiger partial charge in [-0.25, -0.2) is 0 Å². The standard InChI is InChI=1S/C35H39N3O8/c1-3-23(21-39)38-31-33(42)37(24-14-16-25(44-2)17-15-24)19-9-18-35(31)30(32(38)41)29-26(46-35)12-7-8-13-28(40)36-20-27(45-34(29)43)22-10-5-4-6-11-22/h4-7,9-12,14-18,23,26-27,29-31,39H,3,8,13,19-21H2,1-2H3,(H,36,40)/b12-7-/t23-,26+,27-,29-,30-,31+,35-/m0/s1. The number of hydrogen-bond donors (Lipinski definition) is 2. The predicted octanol–water partition coefficient (Wildman–Crippen LogP) is 2.70. The van der Waals surface area contributed by atoms with Crippen LogP contribution in [-0.2, 0) is 28.7 Å². The van der Waals surface area contributed by atoms with Gasteiger partial charge in [0.15, 0.2) is 0 Å². The van der Waals surface area contributed by atoms with E-state index in [-0.39, 0.29) is 37.9 Å². The molecule has 0 radical (unpaired) electrons. The Hall–Kier alpha value is -4.48. The molecule has 2 fully saturated rings. The van der Waals surface area contributed by atoms with Gasteiger partial charge in [0.1, 0.15) is 29.4 Å². The quantitative estimate of drug-likeness (QED) is 0.368. The highest BCUT2D eigenvalue weighted by atomic mass is 16.6. The molecule has 2 saturated heterocycles. The molecule has 0 aliphatic carbocycles. The summed E-state index contributed by atoms with van der Waals surface area (Å²) >= 11 is 0. The number of likely N-dealkylation sites (tertiary alicyclic amines) is 1. The third-order valence-electron chi connectivity index (χ3n) is 9.44. The molecule has 0 bridgehead atoms. The molecule has 0 saturated carbocycles. The zero-order chi connectivity index (χ0) is 32.4. The van der Waals surface area contributed by atoms with Gasteiger partial charge < -0.3 is 34.4 Å². The summed E-state index contributed by atoms with van der Waals surface area (Å²) in [5.41, 5.74) is -0.211. The number of nitrogens with one attached hydrogen (secondary N) is 1. The van der Waals surface area contributed by atoms with Gasteiger partial charge in [0, 0.05) is 18.7 Å². The lowest BCUT2D eigenvalue weighted by Gasteiger charge is -2.38. The van der Waals surface area contributed by atoms with E-state index in [0.29, 0.717) is 29.8 Å². The second-order valence-electron chi connectivity index (χ2n) is 12.0. The molecular weight excluding hydrogens is 590 g/mol. The first kappa shape index (κ1) is 31.5. The molecule has 1 spiro atoms. The zero-order valence-electron chi connectivity index (χ0n) is 25.9. The topological polar surface area (TPSA) is 135 Å². The van der Waals surface area contributed by atoms with Gasteiger partial charge in [-0.15, -0.1) is 0 Å². The van der Waals surface area contributed by atoms with Crippen LogP contribution in [0.4, 0.5) is 5.69 Å². The molecule has 7 atom stereocenters. The van der Waals surface area contributed by atoms with Crippen LogP contribution < -0.4 is 15.0 Å². The molecule has 4 aliphatic heterocycles. The summed E-state index contributed by atoms with van der Waals surface area (Å²) in [6, 6.07) is 14.3. The summed E-state index contributed by atoms with van der Waals surface area (Å²) in [7, 11) is 1.56. The number of nitrogens with zero attached hydrogens (tertiary/aromatic N) is 2. The number of esters is 1. The van der Waals surface area contributed by atoms with E-state index in [4.69, 9.17) is 14.2 Å².